The summed E-state index contributed by atoms with van der Waals surface area (Å²) in [6.45, 7) is 0.241. The van der Waals surface area contributed by atoms with Crippen LogP contribution in [0, 0.1) is 0 Å². The molecule has 22 heavy (non-hydrogen) atoms. The number of rotatable bonds is 8. The Balaban J connectivity index is 2.24. The summed E-state index contributed by atoms with van der Waals surface area (Å²) in [5.41, 5.74) is 0.721. The summed E-state index contributed by atoms with van der Waals surface area (Å²) in [6, 6.07) is 14.1. The highest BCUT2D eigenvalue weighted by atomic mass is 32.2. The standard InChI is InChI=1S/C16H18N2O3S/c19-13-7-6-12-18(16-10-4-5-11-17-16)22(20,21)14-15-8-2-1-3-9-15/h1-5,8-11,13H,6-7,12,14H2. The molecular weight excluding hydrogens is 300 g/mol. The number of pyridine rings is 1. The van der Waals surface area contributed by atoms with Crippen LogP contribution in [0.15, 0.2) is 54.7 Å². The van der Waals surface area contributed by atoms with E-state index in [1.165, 1.54) is 4.31 Å². The fourth-order valence-electron chi connectivity index (χ4n) is 2.08. The van der Waals surface area contributed by atoms with Crippen molar-refractivity contribution in [2.24, 2.45) is 0 Å². The summed E-state index contributed by atoms with van der Waals surface area (Å²) in [5, 5.41) is 0. The molecule has 1 heterocycles. The summed E-state index contributed by atoms with van der Waals surface area (Å²) in [5.74, 6) is 0.287. The molecule has 0 saturated carbocycles. The van der Waals surface area contributed by atoms with E-state index in [0.717, 1.165) is 11.8 Å². The van der Waals surface area contributed by atoms with Gasteiger partial charge in [-0.2, -0.15) is 0 Å². The molecule has 0 atom stereocenters. The largest absolute Gasteiger partial charge is 0.303 e. The lowest BCUT2D eigenvalue weighted by Crippen LogP contribution is -2.33. The Kier molecular flexibility index (Phi) is 5.66. The lowest BCUT2D eigenvalue weighted by Gasteiger charge is -2.23. The Bertz CT molecular complexity index is 688. The van der Waals surface area contributed by atoms with E-state index in [4.69, 9.17) is 0 Å². The maximum Gasteiger partial charge on any atom is 0.240 e. The van der Waals surface area contributed by atoms with E-state index in [2.05, 4.69) is 4.98 Å². The maximum atomic E-state index is 12.7. The number of anilines is 1. The van der Waals surface area contributed by atoms with Crippen molar-refractivity contribution in [2.45, 2.75) is 18.6 Å². The number of aromatic nitrogens is 1. The number of carbonyl (C=O) groups is 1. The van der Waals surface area contributed by atoms with Gasteiger partial charge in [0.2, 0.25) is 10.0 Å². The van der Waals surface area contributed by atoms with Crippen LogP contribution >= 0.6 is 0 Å². The topological polar surface area (TPSA) is 67.3 Å². The maximum absolute atomic E-state index is 12.7. The normalized spacial score (nSPS) is 11.1. The zero-order valence-electron chi connectivity index (χ0n) is 12.1. The first kappa shape index (κ1) is 16.2. The second-order valence-electron chi connectivity index (χ2n) is 4.81. The first-order chi connectivity index (χ1) is 10.6. The van der Waals surface area contributed by atoms with E-state index in [1.54, 1.807) is 36.5 Å². The zero-order chi connectivity index (χ0) is 15.8. The van der Waals surface area contributed by atoms with Gasteiger partial charge >= 0.3 is 0 Å². The first-order valence-electron chi connectivity index (χ1n) is 7.02. The van der Waals surface area contributed by atoms with Gasteiger partial charge < -0.3 is 4.79 Å². The average Bonchev–Trinajstić information content (AvgIpc) is 2.53. The zero-order valence-corrected chi connectivity index (χ0v) is 12.9. The summed E-state index contributed by atoms with van der Waals surface area (Å²) in [7, 11) is -3.55. The molecule has 0 radical (unpaired) electrons. The summed E-state index contributed by atoms with van der Waals surface area (Å²) in [6.07, 6.45) is 3.14. The molecular formula is C16H18N2O3S. The van der Waals surface area contributed by atoms with Crippen LogP contribution in [0.3, 0.4) is 0 Å². The quantitative estimate of drug-likeness (QED) is 0.554. The summed E-state index contributed by atoms with van der Waals surface area (Å²) < 4.78 is 26.7. The van der Waals surface area contributed by atoms with Crippen molar-refractivity contribution in [1.29, 1.82) is 0 Å². The van der Waals surface area contributed by atoms with Gasteiger partial charge in [0.15, 0.2) is 0 Å². The summed E-state index contributed by atoms with van der Waals surface area (Å²) in [4.78, 5) is 14.6. The molecule has 0 saturated heterocycles. The Morgan fingerprint density at radius 1 is 1.05 bits per heavy atom. The van der Waals surface area contributed by atoms with Crippen LogP contribution in [0.5, 0.6) is 0 Å². The molecule has 0 bridgehead atoms. The molecule has 0 aliphatic rings. The monoisotopic (exact) mass is 318 g/mol. The molecule has 0 unspecified atom stereocenters. The van der Waals surface area contributed by atoms with Gasteiger partial charge in [-0.1, -0.05) is 36.4 Å². The van der Waals surface area contributed by atoms with Crippen molar-refractivity contribution in [3.8, 4) is 0 Å². The third-order valence-corrected chi connectivity index (χ3v) is 4.85. The lowest BCUT2D eigenvalue weighted by molar-refractivity contribution is -0.107. The van der Waals surface area contributed by atoms with Crippen LogP contribution in [-0.2, 0) is 20.6 Å². The van der Waals surface area contributed by atoms with Gasteiger partial charge in [-0.3, -0.25) is 4.31 Å². The minimum atomic E-state index is -3.55. The van der Waals surface area contributed by atoms with Gasteiger partial charge in [0.25, 0.3) is 0 Å². The number of hydrogen-bond acceptors (Lipinski definition) is 4. The predicted molar refractivity (Wildman–Crippen MR) is 85.9 cm³/mol. The SMILES string of the molecule is O=CCCCN(c1ccccn1)S(=O)(=O)Cc1ccccc1. The molecule has 0 aliphatic heterocycles. The number of benzene rings is 1. The lowest BCUT2D eigenvalue weighted by atomic mass is 10.2. The van der Waals surface area contributed by atoms with Crippen LogP contribution in [0.1, 0.15) is 18.4 Å². The minimum Gasteiger partial charge on any atom is -0.303 e. The van der Waals surface area contributed by atoms with Crippen molar-refractivity contribution < 1.29 is 13.2 Å². The van der Waals surface area contributed by atoms with E-state index < -0.39 is 10.0 Å². The van der Waals surface area contributed by atoms with Crippen LogP contribution in [0.25, 0.3) is 0 Å². The van der Waals surface area contributed by atoms with Gasteiger partial charge in [0, 0.05) is 19.2 Å². The second-order valence-corrected chi connectivity index (χ2v) is 6.70. The van der Waals surface area contributed by atoms with Gasteiger partial charge in [-0.05, 0) is 24.1 Å². The number of carbonyl (C=O) groups excluding carboxylic acids is 1. The highest BCUT2D eigenvalue weighted by Crippen LogP contribution is 2.19. The molecule has 1 aromatic carbocycles. The van der Waals surface area contributed by atoms with E-state index in [0.29, 0.717) is 18.7 Å². The van der Waals surface area contributed by atoms with Crippen molar-refractivity contribution in [3.05, 3.63) is 60.3 Å². The molecule has 0 spiro atoms. The Morgan fingerprint density at radius 2 is 1.77 bits per heavy atom. The highest BCUT2D eigenvalue weighted by molar-refractivity contribution is 7.92. The van der Waals surface area contributed by atoms with Gasteiger partial charge in [-0.25, -0.2) is 13.4 Å². The third kappa shape index (κ3) is 4.39. The van der Waals surface area contributed by atoms with Crippen LogP contribution in [-0.4, -0.2) is 26.2 Å². The van der Waals surface area contributed by atoms with E-state index >= 15 is 0 Å². The van der Waals surface area contributed by atoms with Gasteiger partial charge in [-0.15, -0.1) is 0 Å². The molecule has 2 rings (SSSR count). The van der Waals surface area contributed by atoms with Crippen molar-refractivity contribution in [3.63, 3.8) is 0 Å². The molecule has 2 aromatic rings. The molecule has 0 N–H and O–H groups in total. The number of sulfonamides is 1. The first-order valence-corrected chi connectivity index (χ1v) is 8.63. The Morgan fingerprint density at radius 3 is 2.41 bits per heavy atom. The highest BCUT2D eigenvalue weighted by Gasteiger charge is 2.23. The molecule has 5 nitrogen and oxygen atoms in total. The third-order valence-electron chi connectivity index (χ3n) is 3.12. The molecule has 6 heteroatoms. The van der Waals surface area contributed by atoms with Crippen LogP contribution in [0.4, 0.5) is 5.82 Å². The fourth-order valence-corrected chi connectivity index (χ4v) is 3.65. The second kappa shape index (κ2) is 7.70. The molecule has 0 aliphatic carbocycles. The predicted octanol–water partition coefficient (Wildman–Crippen LogP) is 2.40. The van der Waals surface area contributed by atoms with Gasteiger partial charge in [0.05, 0.1) is 5.75 Å². The molecule has 1 aromatic heterocycles. The Labute approximate surface area is 130 Å². The van der Waals surface area contributed by atoms with Crippen molar-refractivity contribution in [1.82, 2.24) is 4.98 Å². The smallest absolute Gasteiger partial charge is 0.240 e. The van der Waals surface area contributed by atoms with E-state index in [-0.39, 0.29) is 12.3 Å². The number of hydrogen-bond donors (Lipinski definition) is 0. The number of unbranched alkanes of at least 4 members (excludes halogenated alkanes) is 1. The van der Waals surface area contributed by atoms with Crippen LogP contribution < -0.4 is 4.31 Å². The number of aldehydes is 1. The Hall–Kier alpha value is -2.21. The van der Waals surface area contributed by atoms with E-state index in [1.807, 2.05) is 18.2 Å². The average molecular weight is 318 g/mol. The minimum absolute atomic E-state index is 0.0918. The van der Waals surface area contributed by atoms with Crippen LogP contribution in [0.2, 0.25) is 0 Å². The van der Waals surface area contributed by atoms with Gasteiger partial charge in [0.1, 0.15) is 12.1 Å². The van der Waals surface area contributed by atoms with Crippen molar-refractivity contribution in [2.75, 3.05) is 10.8 Å². The molecule has 0 amide bonds. The van der Waals surface area contributed by atoms with Crippen molar-refractivity contribution >= 4 is 22.1 Å². The molecule has 0 fully saturated rings. The fraction of sp³-hybridized carbons (Fsp3) is 0.250. The summed E-state index contributed by atoms with van der Waals surface area (Å²) >= 11 is 0. The number of nitrogens with zero attached hydrogens (tertiary/aromatic N) is 2. The van der Waals surface area contributed by atoms with E-state index in [9.17, 15) is 13.2 Å². The molecule has 116 valence electrons.